The largest absolute Gasteiger partial charge is 0.264 e. The summed E-state index contributed by atoms with van der Waals surface area (Å²) >= 11 is 6.47. The molecule has 1 aliphatic rings. The zero-order valence-electron chi connectivity index (χ0n) is 24.0. The maximum absolute atomic E-state index is 14.4. The molecule has 0 N–H and O–H groups in total. The Morgan fingerprint density at radius 1 is 0.725 bits per heavy atom. The average molecular weight is 619 g/mol. The standard InChI is InChI=1S/C30H39ClN2O4S2Si/c1-22(2)40(23(3)4,24(5)6)21-26-20-32(38(34,35)27-13-9-7-10-14-27)29-18-17-25(31)19-30(29)33(26)39(36,37)28-15-11-8-12-16-28/h7-19,22-24,26H,20-21H2,1-6H3. The fourth-order valence-corrected chi connectivity index (χ4v) is 16.7. The zero-order chi connectivity index (χ0) is 29.5. The van der Waals surface area contributed by atoms with Gasteiger partial charge in [-0.05, 0) is 48.5 Å². The second-order valence-corrected chi connectivity index (χ2v) is 21.7. The van der Waals surface area contributed by atoms with Gasteiger partial charge in [-0.25, -0.2) is 16.8 Å². The normalized spacial score (nSPS) is 16.6. The molecule has 0 fully saturated rings. The molecule has 3 aromatic rings. The third-order valence-corrected chi connectivity index (χ3v) is 20.1. The van der Waals surface area contributed by atoms with Gasteiger partial charge in [-0.15, -0.1) is 0 Å². The van der Waals surface area contributed by atoms with E-state index < -0.39 is 34.2 Å². The molecule has 1 unspecified atom stereocenters. The van der Waals surface area contributed by atoms with Crippen LogP contribution in [0.3, 0.4) is 0 Å². The van der Waals surface area contributed by atoms with Crippen LogP contribution in [0.4, 0.5) is 11.4 Å². The lowest BCUT2D eigenvalue weighted by Crippen LogP contribution is -2.58. The number of halogens is 1. The van der Waals surface area contributed by atoms with E-state index >= 15 is 0 Å². The Bertz CT molecular complexity index is 1530. The molecule has 10 heteroatoms. The van der Waals surface area contributed by atoms with Crippen molar-refractivity contribution in [1.29, 1.82) is 0 Å². The van der Waals surface area contributed by atoms with Crippen LogP contribution in [-0.4, -0.2) is 37.5 Å². The summed E-state index contributed by atoms with van der Waals surface area (Å²) in [6.45, 7) is 13.4. The molecule has 6 nitrogen and oxygen atoms in total. The van der Waals surface area contributed by atoms with Gasteiger partial charge in [-0.1, -0.05) is 106 Å². The van der Waals surface area contributed by atoms with Crippen LogP contribution in [-0.2, 0) is 20.0 Å². The minimum atomic E-state index is -4.05. The van der Waals surface area contributed by atoms with Gasteiger partial charge >= 0.3 is 0 Å². The summed E-state index contributed by atoms with van der Waals surface area (Å²) in [5.41, 5.74) is 1.65. The highest BCUT2D eigenvalue weighted by Gasteiger charge is 2.50. The Balaban J connectivity index is 2.01. The Morgan fingerprint density at radius 3 is 1.68 bits per heavy atom. The number of fused-ring (bicyclic) bond motifs is 1. The Kier molecular flexibility index (Phi) is 8.81. The summed E-state index contributed by atoms with van der Waals surface area (Å²) in [6.07, 6.45) is 0. The van der Waals surface area contributed by atoms with E-state index in [4.69, 9.17) is 11.6 Å². The summed E-state index contributed by atoms with van der Waals surface area (Å²) in [5.74, 6) is 0. The van der Waals surface area contributed by atoms with Crippen LogP contribution in [0.1, 0.15) is 41.5 Å². The number of hydrogen-bond donors (Lipinski definition) is 0. The molecule has 0 aromatic heterocycles. The van der Waals surface area contributed by atoms with Gasteiger partial charge in [0.05, 0.1) is 41.8 Å². The molecule has 0 aliphatic carbocycles. The summed E-state index contributed by atoms with van der Waals surface area (Å²) in [5, 5.41) is 0.338. The third-order valence-electron chi connectivity index (χ3n) is 8.60. The highest BCUT2D eigenvalue weighted by Crippen LogP contribution is 2.50. The summed E-state index contributed by atoms with van der Waals surface area (Å²) in [4.78, 5) is 0.324. The van der Waals surface area contributed by atoms with E-state index in [-0.39, 0.29) is 22.0 Å². The van der Waals surface area contributed by atoms with Crippen molar-refractivity contribution in [2.24, 2.45) is 0 Å². The third kappa shape index (κ3) is 5.33. The van der Waals surface area contributed by atoms with E-state index in [9.17, 15) is 16.8 Å². The average Bonchev–Trinajstić information content (AvgIpc) is 2.91. The quantitative estimate of drug-likeness (QED) is 0.229. The van der Waals surface area contributed by atoms with Crippen LogP contribution in [0.2, 0.25) is 27.7 Å². The smallest absolute Gasteiger partial charge is 0.262 e. The first-order valence-corrected chi connectivity index (χ1v) is 19.4. The minimum absolute atomic E-state index is 0.0127. The molecule has 4 rings (SSSR count). The van der Waals surface area contributed by atoms with Gasteiger partial charge < -0.3 is 0 Å². The summed E-state index contributed by atoms with van der Waals surface area (Å²) in [7, 11) is -10.2. The first-order valence-electron chi connectivity index (χ1n) is 13.7. The number of hydrogen-bond acceptors (Lipinski definition) is 4. The lowest BCUT2D eigenvalue weighted by atomic mass is 10.1. The number of benzene rings is 3. The predicted octanol–water partition coefficient (Wildman–Crippen LogP) is 7.79. The molecule has 0 saturated carbocycles. The molecular formula is C30H39ClN2O4S2Si. The summed E-state index contributed by atoms with van der Waals surface area (Å²) < 4.78 is 59.9. The summed E-state index contributed by atoms with van der Waals surface area (Å²) in [6, 6.07) is 21.4. The van der Waals surface area contributed by atoms with E-state index in [0.29, 0.717) is 33.4 Å². The lowest BCUT2D eigenvalue weighted by Gasteiger charge is -2.50. The van der Waals surface area contributed by atoms with Crippen molar-refractivity contribution < 1.29 is 16.8 Å². The monoisotopic (exact) mass is 618 g/mol. The molecule has 3 aromatic carbocycles. The number of rotatable bonds is 9. The maximum Gasteiger partial charge on any atom is 0.264 e. The number of sulfonamides is 2. The molecule has 40 heavy (non-hydrogen) atoms. The van der Waals surface area contributed by atoms with Gasteiger partial charge in [0, 0.05) is 5.02 Å². The van der Waals surface area contributed by atoms with Crippen molar-refractivity contribution in [3.63, 3.8) is 0 Å². The van der Waals surface area contributed by atoms with E-state index in [0.717, 1.165) is 0 Å². The van der Waals surface area contributed by atoms with E-state index in [1.165, 1.54) is 8.61 Å². The van der Waals surface area contributed by atoms with Crippen molar-refractivity contribution in [3.8, 4) is 0 Å². The van der Waals surface area contributed by atoms with Crippen LogP contribution in [0.25, 0.3) is 0 Å². The molecule has 0 radical (unpaired) electrons. The van der Waals surface area contributed by atoms with Gasteiger partial charge in [0.1, 0.15) is 0 Å². The second-order valence-electron chi connectivity index (χ2n) is 11.5. The maximum atomic E-state index is 14.4. The Morgan fingerprint density at radius 2 is 1.20 bits per heavy atom. The number of anilines is 2. The molecule has 0 bridgehead atoms. The van der Waals surface area contributed by atoms with Crippen LogP contribution in [0.15, 0.2) is 88.7 Å². The van der Waals surface area contributed by atoms with Crippen molar-refractivity contribution in [2.75, 3.05) is 15.2 Å². The Labute approximate surface area is 246 Å². The molecule has 0 amide bonds. The molecule has 0 saturated heterocycles. The number of nitrogens with zero attached hydrogens (tertiary/aromatic N) is 2. The first kappa shape index (κ1) is 30.6. The van der Waals surface area contributed by atoms with Gasteiger partial charge in [0.25, 0.3) is 20.0 Å². The van der Waals surface area contributed by atoms with Crippen molar-refractivity contribution in [2.45, 2.75) is 80.0 Å². The second kappa shape index (κ2) is 11.5. The van der Waals surface area contributed by atoms with Gasteiger partial charge in [-0.2, -0.15) is 0 Å². The van der Waals surface area contributed by atoms with Crippen molar-refractivity contribution >= 4 is 51.1 Å². The SMILES string of the molecule is CC(C)[Si](CC1CN(S(=O)(=O)c2ccccc2)c2ccc(Cl)cc2N1S(=O)(=O)c1ccccc1)(C(C)C)C(C)C. The van der Waals surface area contributed by atoms with Gasteiger partial charge in [0.2, 0.25) is 0 Å². The molecule has 1 atom stereocenters. The van der Waals surface area contributed by atoms with Crippen molar-refractivity contribution in [1.82, 2.24) is 0 Å². The zero-order valence-corrected chi connectivity index (χ0v) is 27.3. The minimum Gasteiger partial charge on any atom is -0.262 e. The van der Waals surface area contributed by atoms with E-state index in [1.54, 1.807) is 78.9 Å². The van der Waals surface area contributed by atoms with Crippen LogP contribution in [0, 0.1) is 0 Å². The van der Waals surface area contributed by atoms with Gasteiger partial charge in [-0.3, -0.25) is 8.61 Å². The fourth-order valence-electron chi connectivity index (χ4n) is 6.69. The molecule has 216 valence electrons. The first-order chi connectivity index (χ1) is 18.7. The lowest BCUT2D eigenvalue weighted by molar-refractivity contribution is 0.563. The van der Waals surface area contributed by atoms with Crippen LogP contribution < -0.4 is 8.61 Å². The topological polar surface area (TPSA) is 74.8 Å². The van der Waals surface area contributed by atoms with Gasteiger partial charge in [0.15, 0.2) is 0 Å². The fraction of sp³-hybridized carbons (Fsp3) is 0.400. The molecule has 1 aliphatic heterocycles. The molecular weight excluding hydrogens is 580 g/mol. The predicted molar refractivity (Wildman–Crippen MR) is 168 cm³/mol. The van der Waals surface area contributed by atoms with Crippen molar-refractivity contribution in [3.05, 3.63) is 83.9 Å². The molecule has 0 spiro atoms. The van der Waals surface area contributed by atoms with Crippen LogP contribution in [0.5, 0.6) is 0 Å². The van der Waals surface area contributed by atoms with Crippen LogP contribution >= 0.6 is 11.6 Å². The highest BCUT2D eigenvalue weighted by atomic mass is 35.5. The molecule has 1 heterocycles. The highest BCUT2D eigenvalue weighted by molar-refractivity contribution is 7.93. The van der Waals surface area contributed by atoms with E-state index in [1.807, 2.05) is 0 Å². The van der Waals surface area contributed by atoms with E-state index in [2.05, 4.69) is 41.5 Å². The Hall–Kier alpha value is -2.33.